The second-order valence-corrected chi connectivity index (χ2v) is 9.45. The van der Waals surface area contributed by atoms with Crippen LogP contribution in [0.3, 0.4) is 0 Å². The maximum Gasteiger partial charge on any atom is 0.328 e. The molecular weight excluding hydrogens is 418 g/mol. The number of carbonyl (C=O) groups excluding carboxylic acids is 1. The van der Waals surface area contributed by atoms with E-state index in [1.54, 1.807) is 55.5 Å². The van der Waals surface area contributed by atoms with E-state index >= 15 is 0 Å². The van der Waals surface area contributed by atoms with Crippen LogP contribution >= 0.6 is 15.9 Å². The minimum Gasteiger partial charge on any atom is -0.465 e. The van der Waals surface area contributed by atoms with E-state index in [9.17, 15) is 13.2 Å². The van der Waals surface area contributed by atoms with Crippen LogP contribution < -0.4 is 5.73 Å². The maximum atomic E-state index is 13.2. The number of hydrogen-bond donors (Lipinski definition) is 1. The SMILES string of the molecule is CCOC(=O)C1(N)C(c2ccc(Br)cc2)C1S(=O)(=O)c1ccc(C)cc1. The van der Waals surface area contributed by atoms with Gasteiger partial charge in [0.05, 0.1) is 11.5 Å². The first-order chi connectivity index (χ1) is 12.2. The van der Waals surface area contributed by atoms with Crippen molar-refractivity contribution < 1.29 is 17.9 Å². The molecule has 0 amide bonds. The summed E-state index contributed by atoms with van der Waals surface area (Å²) in [5, 5.41) is -1.06. The summed E-state index contributed by atoms with van der Waals surface area (Å²) in [6, 6.07) is 13.7. The van der Waals surface area contributed by atoms with Crippen molar-refractivity contribution in [2.24, 2.45) is 5.73 Å². The van der Waals surface area contributed by atoms with Crippen LogP contribution in [0.5, 0.6) is 0 Å². The highest BCUT2D eigenvalue weighted by Crippen LogP contribution is 2.56. The average Bonchev–Trinajstić information content (AvgIpc) is 3.25. The van der Waals surface area contributed by atoms with Crippen molar-refractivity contribution in [1.29, 1.82) is 0 Å². The van der Waals surface area contributed by atoms with E-state index < -0.39 is 32.5 Å². The number of esters is 1. The Kier molecular flexibility index (Phi) is 4.98. The van der Waals surface area contributed by atoms with E-state index in [0.717, 1.165) is 10.0 Å². The number of sulfone groups is 1. The average molecular weight is 438 g/mol. The Labute approximate surface area is 161 Å². The van der Waals surface area contributed by atoms with Crippen molar-refractivity contribution in [2.75, 3.05) is 6.61 Å². The van der Waals surface area contributed by atoms with Crippen molar-refractivity contribution in [2.45, 2.75) is 35.4 Å². The second kappa shape index (κ2) is 6.79. The second-order valence-electron chi connectivity index (χ2n) is 6.46. The van der Waals surface area contributed by atoms with E-state index in [-0.39, 0.29) is 11.5 Å². The van der Waals surface area contributed by atoms with Gasteiger partial charge in [0.25, 0.3) is 0 Å². The van der Waals surface area contributed by atoms with Gasteiger partial charge in [0, 0.05) is 10.4 Å². The van der Waals surface area contributed by atoms with Crippen molar-refractivity contribution in [3.05, 3.63) is 64.1 Å². The van der Waals surface area contributed by atoms with Gasteiger partial charge in [-0.05, 0) is 43.7 Å². The van der Waals surface area contributed by atoms with Crippen LogP contribution in [0.1, 0.15) is 24.0 Å². The number of carbonyl (C=O) groups is 1. The Morgan fingerprint density at radius 2 is 1.73 bits per heavy atom. The monoisotopic (exact) mass is 437 g/mol. The van der Waals surface area contributed by atoms with Crippen molar-refractivity contribution in [3.63, 3.8) is 0 Å². The summed E-state index contributed by atoms with van der Waals surface area (Å²) < 4.78 is 32.3. The zero-order chi connectivity index (χ0) is 19.1. The van der Waals surface area contributed by atoms with Gasteiger partial charge in [0.15, 0.2) is 9.84 Å². The van der Waals surface area contributed by atoms with Gasteiger partial charge in [-0.2, -0.15) is 0 Å². The zero-order valence-electron chi connectivity index (χ0n) is 14.5. The lowest BCUT2D eigenvalue weighted by atomic mass is 10.1. The van der Waals surface area contributed by atoms with Gasteiger partial charge in [-0.15, -0.1) is 0 Å². The molecule has 3 atom stereocenters. The molecule has 3 unspecified atom stereocenters. The van der Waals surface area contributed by atoms with Crippen LogP contribution in [0.15, 0.2) is 57.9 Å². The van der Waals surface area contributed by atoms with E-state index in [1.807, 2.05) is 6.92 Å². The fourth-order valence-corrected chi connectivity index (χ4v) is 5.80. The standard InChI is InChI=1S/C19H20BrNO4S/c1-3-25-18(22)19(21)16(13-6-8-14(20)9-7-13)17(19)26(23,24)15-10-4-12(2)5-11-15/h4-11,16-17H,3,21H2,1-2H3. The number of rotatable bonds is 5. The number of halogens is 1. The van der Waals surface area contributed by atoms with Crippen molar-refractivity contribution in [3.8, 4) is 0 Å². The highest BCUT2D eigenvalue weighted by molar-refractivity contribution is 9.10. The van der Waals surface area contributed by atoms with Gasteiger partial charge in [0.2, 0.25) is 0 Å². The smallest absolute Gasteiger partial charge is 0.328 e. The maximum absolute atomic E-state index is 13.2. The first-order valence-corrected chi connectivity index (χ1v) is 10.6. The highest BCUT2D eigenvalue weighted by Gasteiger charge is 2.74. The molecule has 0 radical (unpaired) electrons. The third-order valence-electron chi connectivity index (χ3n) is 4.72. The summed E-state index contributed by atoms with van der Waals surface area (Å²) in [6.45, 7) is 3.69. The molecule has 2 N–H and O–H groups in total. The van der Waals surface area contributed by atoms with Gasteiger partial charge in [-0.3, -0.25) is 0 Å². The molecule has 0 aromatic heterocycles. The van der Waals surface area contributed by atoms with Crippen molar-refractivity contribution in [1.82, 2.24) is 0 Å². The molecule has 1 saturated carbocycles. The minimum atomic E-state index is -3.80. The van der Waals surface area contributed by atoms with Gasteiger partial charge in [0.1, 0.15) is 10.8 Å². The number of ether oxygens (including phenoxy) is 1. The third kappa shape index (κ3) is 3.08. The first kappa shape index (κ1) is 19.1. The summed E-state index contributed by atoms with van der Waals surface area (Å²) in [4.78, 5) is 12.7. The molecule has 1 aliphatic rings. The molecule has 2 aromatic rings. The quantitative estimate of drug-likeness (QED) is 0.726. The van der Waals surface area contributed by atoms with Gasteiger partial charge in [-0.25, -0.2) is 13.2 Å². The topological polar surface area (TPSA) is 86.5 Å². The molecule has 2 aromatic carbocycles. The third-order valence-corrected chi connectivity index (χ3v) is 7.51. The predicted molar refractivity (Wildman–Crippen MR) is 103 cm³/mol. The van der Waals surface area contributed by atoms with Crippen LogP contribution in [0, 0.1) is 6.92 Å². The summed E-state index contributed by atoms with van der Waals surface area (Å²) >= 11 is 3.35. The van der Waals surface area contributed by atoms with E-state index in [4.69, 9.17) is 10.5 Å². The highest BCUT2D eigenvalue weighted by atomic mass is 79.9. The molecule has 0 aliphatic heterocycles. The van der Waals surface area contributed by atoms with Crippen LogP contribution in [-0.2, 0) is 19.4 Å². The normalized spacial score (nSPS) is 24.9. The van der Waals surface area contributed by atoms with Crippen LogP contribution in [-0.4, -0.2) is 31.8 Å². The number of hydrogen-bond acceptors (Lipinski definition) is 5. The van der Waals surface area contributed by atoms with E-state index in [2.05, 4.69) is 15.9 Å². The minimum absolute atomic E-state index is 0.141. The lowest BCUT2D eigenvalue weighted by Crippen LogP contribution is -2.41. The predicted octanol–water partition coefficient (Wildman–Crippen LogP) is 2.96. The van der Waals surface area contributed by atoms with Crippen LogP contribution in [0.2, 0.25) is 0 Å². The first-order valence-electron chi connectivity index (χ1n) is 8.25. The van der Waals surface area contributed by atoms with Gasteiger partial charge in [-0.1, -0.05) is 45.8 Å². The molecular formula is C19H20BrNO4S. The molecule has 1 fully saturated rings. The molecule has 0 heterocycles. The Morgan fingerprint density at radius 3 is 2.27 bits per heavy atom. The summed E-state index contributed by atoms with van der Waals surface area (Å²) in [7, 11) is -3.80. The largest absolute Gasteiger partial charge is 0.465 e. The molecule has 138 valence electrons. The zero-order valence-corrected chi connectivity index (χ0v) is 16.9. The Bertz CT molecular complexity index is 925. The molecule has 0 bridgehead atoms. The molecule has 1 aliphatic carbocycles. The molecule has 3 rings (SSSR count). The summed E-state index contributed by atoms with van der Waals surface area (Å²) in [6.07, 6.45) is 0. The Balaban J connectivity index is 2.06. The van der Waals surface area contributed by atoms with Gasteiger partial charge >= 0.3 is 5.97 Å². The van der Waals surface area contributed by atoms with Crippen LogP contribution in [0.4, 0.5) is 0 Å². The van der Waals surface area contributed by atoms with E-state index in [1.165, 1.54) is 0 Å². The molecule has 0 spiro atoms. The molecule has 26 heavy (non-hydrogen) atoms. The number of benzene rings is 2. The summed E-state index contributed by atoms with van der Waals surface area (Å²) in [5.41, 5.74) is 6.38. The van der Waals surface area contributed by atoms with Crippen LogP contribution in [0.25, 0.3) is 0 Å². The van der Waals surface area contributed by atoms with Crippen molar-refractivity contribution >= 4 is 31.7 Å². The Morgan fingerprint density at radius 1 is 1.15 bits per heavy atom. The van der Waals surface area contributed by atoms with E-state index in [0.29, 0.717) is 5.56 Å². The lowest BCUT2D eigenvalue weighted by molar-refractivity contribution is -0.145. The summed E-state index contributed by atoms with van der Waals surface area (Å²) in [5.74, 6) is -1.34. The molecule has 0 saturated heterocycles. The Hall–Kier alpha value is -1.70. The fraction of sp³-hybridized carbons (Fsp3) is 0.316. The lowest BCUT2D eigenvalue weighted by Gasteiger charge is -2.11. The fourth-order valence-electron chi connectivity index (χ4n) is 3.30. The molecule has 7 heteroatoms. The number of nitrogens with two attached hydrogens (primary N) is 1. The van der Waals surface area contributed by atoms with Gasteiger partial charge < -0.3 is 10.5 Å². The number of aryl methyl sites for hydroxylation is 1. The molecule has 5 nitrogen and oxygen atoms in total.